The molecule has 0 radical (unpaired) electrons. The first-order valence-corrected chi connectivity index (χ1v) is 6.61. The molecule has 0 aliphatic heterocycles. The second-order valence-electron chi connectivity index (χ2n) is 4.89. The first-order valence-electron chi connectivity index (χ1n) is 6.61. The largest absolute Gasteiger partial charge is 0.463 e. The van der Waals surface area contributed by atoms with Crippen LogP contribution in [0.25, 0.3) is 0 Å². The number of rotatable bonds is 6. The van der Waals surface area contributed by atoms with Gasteiger partial charge in [-0.25, -0.2) is 0 Å². The topological polar surface area (TPSA) is 43.4 Å². The van der Waals surface area contributed by atoms with Gasteiger partial charge < -0.3 is 4.74 Å². The van der Waals surface area contributed by atoms with E-state index in [9.17, 15) is 9.59 Å². The molecule has 1 aliphatic carbocycles. The third kappa shape index (κ3) is 4.47. The van der Waals surface area contributed by atoms with Gasteiger partial charge in [0, 0.05) is 5.92 Å². The van der Waals surface area contributed by atoms with E-state index in [1.165, 1.54) is 0 Å². The van der Waals surface area contributed by atoms with Gasteiger partial charge in [-0.2, -0.15) is 0 Å². The Kier molecular flexibility index (Phi) is 5.83. The van der Waals surface area contributed by atoms with E-state index >= 15 is 0 Å². The number of hydrogen-bond acceptors (Lipinski definition) is 3. The summed E-state index contributed by atoms with van der Waals surface area (Å²) in [5.41, 5.74) is 0. The molecule has 0 aromatic rings. The first kappa shape index (κ1) is 14.7. The highest BCUT2D eigenvalue weighted by atomic mass is 16.5. The summed E-state index contributed by atoms with van der Waals surface area (Å²) in [6, 6.07) is 0. The highest BCUT2D eigenvalue weighted by Crippen LogP contribution is 2.29. The summed E-state index contributed by atoms with van der Waals surface area (Å²) in [7, 11) is 0. The zero-order valence-corrected chi connectivity index (χ0v) is 11.4. The second kappa shape index (κ2) is 7.14. The van der Waals surface area contributed by atoms with E-state index in [2.05, 4.69) is 13.0 Å². The summed E-state index contributed by atoms with van der Waals surface area (Å²) in [5.74, 6) is -0.199. The zero-order chi connectivity index (χ0) is 13.5. The lowest BCUT2D eigenvalue weighted by molar-refractivity contribution is -0.148. The Bertz CT molecular complexity index is 353. The Balaban J connectivity index is 2.52. The lowest BCUT2D eigenvalue weighted by Gasteiger charge is -2.16. The lowest BCUT2D eigenvalue weighted by atomic mass is 9.89. The van der Waals surface area contributed by atoms with Gasteiger partial charge in [0.25, 0.3) is 0 Å². The monoisotopic (exact) mass is 250 g/mol. The van der Waals surface area contributed by atoms with Crippen molar-refractivity contribution >= 4 is 11.8 Å². The quantitative estimate of drug-likeness (QED) is 0.537. The molecule has 0 saturated heterocycles. The van der Waals surface area contributed by atoms with Gasteiger partial charge in [0.05, 0.1) is 12.5 Å². The molecule has 0 N–H and O–H groups in total. The summed E-state index contributed by atoms with van der Waals surface area (Å²) in [5, 5.41) is 0. The van der Waals surface area contributed by atoms with Crippen molar-refractivity contribution < 1.29 is 14.3 Å². The van der Waals surface area contributed by atoms with Crippen molar-refractivity contribution in [1.29, 1.82) is 0 Å². The van der Waals surface area contributed by atoms with Gasteiger partial charge >= 0.3 is 5.97 Å². The van der Waals surface area contributed by atoms with Crippen molar-refractivity contribution in [1.82, 2.24) is 0 Å². The van der Waals surface area contributed by atoms with Gasteiger partial charge in [0.2, 0.25) is 0 Å². The molecule has 18 heavy (non-hydrogen) atoms. The fourth-order valence-corrected chi connectivity index (χ4v) is 2.10. The summed E-state index contributed by atoms with van der Waals surface area (Å²) in [6.07, 6.45) is 9.38. The molecule has 0 fully saturated rings. The fourth-order valence-electron chi connectivity index (χ4n) is 2.10. The number of carbonyl (C=O) groups excluding carboxylic acids is 2. The normalized spacial score (nSPS) is 23.2. The van der Waals surface area contributed by atoms with E-state index in [0.717, 1.165) is 6.42 Å². The number of ether oxygens (including phenoxy) is 1. The molecule has 0 unspecified atom stereocenters. The van der Waals surface area contributed by atoms with E-state index in [1.807, 2.05) is 26.0 Å². The molecule has 0 heterocycles. The van der Waals surface area contributed by atoms with E-state index < -0.39 is 0 Å². The summed E-state index contributed by atoms with van der Waals surface area (Å²) < 4.78 is 5.12. The minimum Gasteiger partial charge on any atom is -0.463 e. The maximum atomic E-state index is 11.7. The number of esters is 1. The molecule has 3 nitrogen and oxygen atoms in total. The summed E-state index contributed by atoms with van der Waals surface area (Å²) in [6.45, 7) is 5.72. The average molecular weight is 250 g/mol. The molecule has 0 spiro atoms. The van der Waals surface area contributed by atoms with Crippen LogP contribution in [0.15, 0.2) is 24.3 Å². The molecule has 0 aromatic heterocycles. The third-order valence-electron chi connectivity index (χ3n) is 2.95. The second-order valence-corrected chi connectivity index (χ2v) is 4.89. The molecule has 0 saturated carbocycles. The van der Waals surface area contributed by atoms with Crippen LogP contribution in [0, 0.1) is 11.8 Å². The Labute approximate surface area is 109 Å². The van der Waals surface area contributed by atoms with Crippen LogP contribution in [0.2, 0.25) is 0 Å². The highest BCUT2D eigenvalue weighted by molar-refractivity contribution is 5.95. The molecule has 3 heteroatoms. The number of hydrogen-bond donors (Lipinski definition) is 0. The van der Waals surface area contributed by atoms with E-state index in [-0.39, 0.29) is 29.7 Å². The molecular weight excluding hydrogens is 228 g/mol. The van der Waals surface area contributed by atoms with Crippen molar-refractivity contribution in [3.63, 3.8) is 0 Å². The van der Waals surface area contributed by atoms with Crippen molar-refractivity contribution in [3.05, 3.63) is 24.3 Å². The van der Waals surface area contributed by atoms with Gasteiger partial charge in [0.15, 0.2) is 5.78 Å². The SMILES string of the molecule is CC/C=C\C[C@H]1C(=O)C=C[C@H]1CC(=O)OC(C)C. The Morgan fingerprint density at radius 3 is 2.78 bits per heavy atom. The standard InChI is InChI=1S/C15H22O3/c1-4-5-6-7-13-12(8-9-14(13)16)10-15(17)18-11(2)3/h5-6,8-9,11-13H,4,7,10H2,1-3H3/b6-5-/t12-,13+/m0/s1. The summed E-state index contributed by atoms with van der Waals surface area (Å²) >= 11 is 0. The predicted octanol–water partition coefficient (Wildman–Crippen LogP) is 3.06. The molecule has 0 bridgehead atoms. The third-order valence-corrected chi connectivity index (χ3v) is 2.95. The minimum atomic E-state index is -0.223. The molecule has 2 atom stereocenters. The molecular formula is C15H22O3. The predicted molar refractivity (Wildman–Crippen MR) is 71.0 cm³/mol. The van der Waals surface area contributed by atoms with Crippen molar-refractivity contribution in [2.24, 2.45) is 11.8 Å². The Hall–Kier alpha value is -1.38. The van der Waals surface area contributed by atoms with E-state index in [1.54, 1.807) is 6.08 Å². The average Bonchev–Trinajstić information content (AvgIpc) is 2.60. The van der Waals surface area contributed by atoms with Crippen LogP contribution in [0.4, 0.5) is 0 Å². The van der Waals surface area contributed by atoms with Gasteiger partial charge in [-0.05, 0) is 38.7 Å². The summed E-state index contributed by atoms with van der Waals surface area (Å²) in [4.78, 5) is 23.3. The highest BCUT2D eigenvalue weighted by Gasteiger charge is 2.31. The van der Waals surface area contributed by atoms with Crippen LogP contribution in [-0.2, 0) is 14.3 Å². The van der Waals surface area contributed by atoms with Crippen LogP contribution >= 0.6 is 0 Å². The van der Waals surface area contributed by atoms with Gasteiger partial charge in [0.1, 0.15) is 0 Å². The van der Waals surface area contributed by atoms with Gasteiger partial charge in [-0.3, -0.25) is 9.59 Å². The number of allylic oxidation sites excluding steroid dienone is 4. The van der Waals surface area contributed by atoms with Crippen LogP contribution in [0.5, 0.6) is 0 Å². The molecule has 1 rings (SSSR count). The first-order chi connectivity index (χ1) is 8.54. The van der Waals surface area contributed by atoms with Crippen LogP contribution < -0.4 is 0 Å². The van der Waals surface area contributed by atoms with E-state index in [0.29, 0.717) is 12.8 Å². The zero-order valence-electron chi connectivity index (χ0n) is 11.4. The number of carbonyl (C=O) groups is 2. The smallest absolute Gasteiger partial charge is 0.306 e. The Morgan fingerprint density at radius 2 is 2.17 bits per heavy atom. The van der Waals surface area contributed by atoms with Crippen molar-refractivity contribution in [2.75, 3.05) is 0 Å². The lowest BCUT2D eigenvalue weighted by Crippen LogP contribution is -2.21. The maximum absolute atomic E-state index is 11.7. The van der Waals surface area contributed by atoms with Crippen LogP contribution in [0.1, 0.15) is 40.0 Å². The molecule has 0 amide bonds. The maximum Gasteiger partial charge on any atom is 0.306 e. The minimum absolute atomic E-state index is 0.00902. The van der Waals surface area contributed by atoms with Crippen LogP contribution in [0.3, 0.4) is 0 Å². The fraction of sp³-hybridized carbons (Fsp3) is 0.600. The molecule has 100 valence electrons. The van der Waals surface area contributed by atoms with Crippen molar-refractivity contribution in [3.8, 4) is 0 Å². The van der Waals surface area contributed by atoms with E-state index in [4.69, 9.17) is 4.74 Å². The van der Waals surface area contributed by atoms with Crippen molar-refractivity contribution in [2.45, 2.75) is 46.1 Å². The Morgan fingerprint density at radius 1 is 1.44 bits per heavy atom. The molecule has 0 aromatic carbocycles. The number of ketones is 1. The van der Waals surface area contributed by atoms with Crippen LogP contribution in [-0.4, -0.2) is 17.9 Å². The van der Waals surface area contributed by atoms with Gasteiger partial charge in [-0.1, -0.05) is 25.2 Å². The van der Waals surface area contributed by atoms with Gasteiger partial charge in [-0.15, -0.1) is 0 Å². The molecule has 1 aliphatic rings.